The summed E-state index contributed by atoms with van der Waals surface area (Å²) >= 11 is 0. The summed E-state index contributed by atoms with van der Waals surface area (Å²) in [5.41, 5.74) is 3.30. The summed E-state index contributed by atoms with van der Waals surface area (Å²) in [6.45, 7) is 5.81. The van der Waals surface area contributed by atoms with Gasteiger partial charge in [-0.25, -0.2) is 4.39 Å². The number of carbonyl (C=O) groups excluding carboxylic acids is 1. The number of hydrogen-bond acceptors (Lipinski definition) is 2. The van der Waals surface area contributed by atoms with Gasteiger partial charge in [0.15, 0.2) is 6.61 Å². The summed E-state index contributed by atoms with van der Waals surface area (Å²) in [6.07, 6.45) is 0. The first-order chi connectivity index (χ1) is 10.5. The minimum absolute atomic E-state index is 0.0555. The molecule has 0 radical (unpaired) electrons. The molecule has 1 amide bonds. The molecule has 0 aliphatic heterocycles. The highest BCUT2D eigenvalue weighted by molar-refractivity contribution is 5.77. The molecular weight excluding hydrogens is 281 g/mol. The zero-order valence-electron chi connectivity index (χ0n) is 13.1. The molecule has 2 aromatic rings. The molecule has 3 nitrogen and oxygen atoms in total. The number of amides is 1. The summed E-state index contributed by atoms with van der Waals surface area (Å²) in [6, 6.07) is 10.8. The van der Waals surface area contributed by atoms with Crippen LogP contribution in [0, 0.1) is 26.6 Å². The van der Waals surface area contributed by atoms with Crippen LogP contribution in [0.3, 0.4) is 0 Å². The summed E-state index contributed by atoms with van der Waals surface area (Å²) in [5.74, 6) is 0.237. The maximum absolute atomic E-state index is 13.4. The SMILES string of the molecule is Cc1ccc(CNC(=O)COc2c(C)cccc2C)cc1F. The Labute approximate surface area is 130 Å². The second kappa shape index (κ2) is 7.07. The van der Waals surface area contributed by atoms with E-state index in [1.54, 1.807) is 19.1 Å². The van der Waals surface area contributed by atoms with E-state index in [1.165, 1.54) is 6.07 Å². The Morgan fingerprint density at radius 2 is 1.77 bits per heavy atom. The van der Waals surface area contributed by atoms with Gasteiger partial charge in [0, 0.05) is 6.54 Å². The Hall–Kier alpha value is -2.36. The second-order valence-electron chi connectivity index (χ2n) is 5.37. The van der Waals surface area contributed by atoms with Crippen LogP contribution in [0.2, 0.25) is 0 Å². The number of halogens is 1. The molecule has 0 spiro atoms. The van der Waals surface area contributed by atoms with Crippen molar-refractivity contribution in [2.45, 2.75) is 27.3 Å². The Kier molecular flexibility index (Phi) is 5.15. The van der Waals surface area contributed by atoms with Gasteiger partial charge in [-0.3, -0.25) is 4.79 Å². The van der Waals surface area contributed by atoms with Crippen LogP contribution in [-0.4, -0.2) is 12.5 Å². The highest BCUT2D eigenvalue weighted by Gasteiger charge is 2.07. The van der Waals surface area contributed by atoms with E-state index in [0.29, 0.717) is 5.56 Å². The molecule has 0 saturated carbocycles. The van der Waals surface area contributed by atoms with Crippen molar-refractivity contribution in [1.82, 2.24) is 5.32 Å². The normalized spacial score (nSPS) is 10.4. The average molecular weight is 301 g/mol. The van der Waals surface area contributed by atoms with Gasteiger partial charge in [0.05, 0.1) is 0 Å². The zero-order chi connectivity index (χ0) is 16.1. The van der Waals surface area contributed by atoms with Crippen LogP contribution >= 0.6 is 0 Å². The summed E-state index contributed by atoms with van der Waals surface area (Å²) in [5, 5.41) is 2.72. The maximum atomic E-state index is 13.4. The number of rotatable bonds is 5. The smallest absolute Gasteiger partial charge is 0.258 e. The Bertz CT molecular complexity index is 663. The lowest BCUT2D eigenvalue weighted by molar-refractivity contribution is -0.123. The predicted octanol–water partition coefficient (Wildman–Crippen LogP) is 3.45. The van der Waals surface area contributed by atoms with Crippen molar-refractivity contribution in [1.29, 1.82) is 0 Å². The molecule has 0 fully saturated rings. The lowest BCUT2D eigenvalue weighted by atomic mass is 10.1. The molecule has 0 bridgehead atoms. The Morgan fingerprint density at radius 1 is 1.09 bits per heavy atom. The van der Waals surface area contributed by atoms with Crippen LogP contribution in [0.5, 0.6) is 5.75 Å². The third-order valence-electron chi connectivity index (χ3n) is 3.48. The minimum atomic E-state index is -0.265. The monoisotopic (exact) mass is 301 g/mol. The van der Waals surface area contributed by atoms with E-state index in [9.17, 15) is 9.18 Å². The number of benzene rings is 2. The van der Waals surface area contributed by atoms with E-state index in [4.69, 9.17) is 4.74 Å². The number of para-hydroxylation sites is 1. The molecule has 2 rings (SSSR count). The standard InChI is InChI=1S/C18H20FNO2/c1-12-7-8-15(9-16(12)19)10-20-17(21)11-22-18-13(2)5-4-6-14(18)3/h4-9H,10-11H2,1-3H3,(H,20,21). The van der Waals surface area contributed by atoms with Crippen molar-refractivity contribution >= 4 is 5.91 Å². The molecule has 116 valence electrons. The molecule has 4 heteroatoms. The largest absolute Gasteiger partial charge is 0.483 e. The van der Waals surface area contributed by atoms with Crippen LogP contribution in [0.25, 0.3) is 0 Å². The zero-order valence-corrected chi connectivity index (χ0v) is 13.1. The first-order valence-corrected chi connectivity index (χ1v) is 7.18. The molecule has 0 unspecified atom stereocenters. The molecule has 22 heavy (non-hydrogen) atoms. The molecular formula is C18H20FNO2. The fraction of sp³-hybridized carbons (Fsp3) is 0.278. The van der Waals surface area contributed by atoms with Crippen molar-refractivity contribution in [3.05, 3.63) is 64.5 Å². The fourth-order valence-corrected chi connectivity index (χ4v) is 2.16. The highest BCUT2D eigenvalue weighted by Crippen LogP contribution is 2.22. The first kappa shape index (κ1) is 16.0. The molecule has 0 heterocycles. The number of hydrogen-bond donors (Lipinski definition) is 1. The van der Waals surface area contributed by atoms with Crippen molar-refractivity contribution in [3.8, 4) is 5.75 Å². The van der Waals surface area contributed by atoms with Crippen LogP contribution in [0.1, 0.15) is 22.3 Å². The average Bonchev–Trinajstić information content (AvgIpc) is 2.48. The lowest BCUT2D eigenvalue weighted by Gasteiger charge is -2.12. The highest BCUT2D eigenvalue weighted by atomic mass is 19.1. The van der Waals surface area contributed by atoms with Gasteiger partial charge in [0.1, 0.15) is 11.6 Å². The van der Waals surface area contributed by atoms with Crippen molar-refractivity contribution < 1.29 is 13.9 Å². The van der Waals surface area contributed by atoms with E-state index >= 15 is 0 Å². The van der Waals surface area contributed by atoms with Crippen molar-refractivity contribution in [2.75, 3.05) is 6.61 Å². The van der Waals surface area contributed by atoms with Crippen LogP contribution in [0.15, 0.2) is 36.4 Å². The van der Waals surface area contributed by atoms with Crippen LogP contribution in [0.4, 0.5) is 4.39 Å². The Morgan fingerprint density at radius 3 is 2.41 bits per heavy atom. The van der Waals surface area contributed by atoms with Gasteiger partial charge in [0.2, 0.25) is 0 Å². The Balaban J connectivity index is 1.87. The fourth-order valence-electron chi connectivity index (χ4n) is 2.16. The van der Waals surface area contributed by atoms with Gasteiger partial charge >= 0.3 is 0 Å². The molecule has 0 aliphatic carbocycles. The van der Waals surface area contributed by atoms with Crippen LogP contribution < -0.4 is 10.1 Å². The van der Waals surface area contributed by atoms with Crippen molar-refractivity contribution in [2.24, 2.45) is 0 Å². The quantitative estimate of drug-likeness (QED) is 0.918. The van der Waals surface area contributed by atoms with Crippen LogP contribution in [-0.2, 0) is 11.3 Å². The number of aryl methyl sites for hydroxylation is 3. The number of carbonyl (C=O) groups is 1. The molecule has 0 saturated heterocycles. The van der Waals surface area contributed by atoms with E-state index in [-0.39, 0.29) is 24.9 Å². The predicted molar refractivity (Wildman–Crippen MR) is 84.4 cm³/mol. The minimum Gasteiger partial charge on any atom is -0.483 e. The molecule has 0 aliphatic rings. The van der Waals surface area contributed by atoms with Gasteiger partial charge in [-0.1, -0.05) is 30.3 Å². The van der Waals surface area contributed by atoms with E-state index < -0.39 is 0 Å². The summed E-state index contributed by atoms with van der Waals surface area (Å²) < 4.78 is 19.0. The second-order valence-corrected chi connectivity index (χ2v) is 5.37. The maximum Gasteiger partial charge on any atom is 0.258 e. The van der Waals surface area contributed by atoms with Gasteiger partial charge in [-0.15, -0.1) is 0 Å². The third-order valence-corrected chi connectivity index (χ3v) is 3.48. The molecule has 0 atom stereocenters. The summed E-state index contributed by atoms with van der Waals surface area (Å²) in [4.78, 5) is 11.8. The topological polar surface area (TPSA) is 38.3 Å². The molecule has 1 N–H and O–H groups in total. The van der Waals surface area contributed by atoms with Gasteiger partial charge < -0.3 is 10.1 Å². The van der Waals surface area contributed by atoms with Crippen molar-refractivity contribution in [3.63, 3.8) is 0 Å². The number of ether oxygens (including phenoxy) is 1. The van der Waals surface area contributed by atoms with Gasteiger partial charge in [0.25, 0.3) is 5.91 Å². The third kappa shape index (κ3) is 4.07. The molecule has 0 aromatic heterocycles. The van der Waals surface area contributed by atoms with E-state index in [2.05, 4.69) is 5.32 Å². The summed E-state index contributed by atoms with van der Waals surface area (Å²) in [7, 11) is 0. The van der Waals surface area contributed by atoms with Gasteiger partial charge in [-0.2, -0.15) is 0 Å². The van der Waals surface area contributed by atoms with Gasteiger partial charge in [-0.05, 0) is 49.1 Å². The van der Waals surface area contributed by atoms with E-state index in [1.807, 2.05) is 32.0 Å². The lowest BCUT2D eigenvalue weighted by Crippen LogP contribution is -2.28. The molecule has 2 aromatic carbocycles. The first-order valence-electron chi connectivity index (χ1n) is 7.18. The van der Waals surface area contributed by atoms with E-state index in [0.717, 1.165) is 22.4 Å². The number of nitrogens with one attached hydrogen (secondary N) is 1.